The zero-order valence-corrected chi connectivity index (χ0v) is 20.3. The highest BCUT2D eigenvalue weighted by molar-refractivity contribution is 7.89. The van der Waals surface area contributed by atoms with Gasteiger partial charge < -0.3 is 4.74 Å². The first-order valence-corrected chi connectivity index (χ1v) is 12.9. The minimum absolute atomic E-state index is 0.101. The summed E-state index contributed by atoms with van der Waals surface area (Å²) in [7, 11) is -2.24. The van der Waals surface area contributed by atoms with Crippen molar-refractivity contribution in [2.75, 3.05) is 13.7 Å². The molecule has 2 aromatic rings. The van der Waals surface area contributed by atoms with Crippen molar-refractivity contribution in [3.8, 4) is 0 Å². The van der Waals surface area contributed by atoms with Crippen molar-refractivity contribution >= 4 is 27.6 Å². The summed E-state index contributed by atoms with van der Waals surface area (Å²) in [6.07, 6.45) is 11.5. The molecule has 0 unspecified atom stereocenters. The lowest BCUT2D eigenvalue weighted by molar-refractivity contribution is -0.140. The van der Waals surface area contributed by atoms with E-state index in [1.54, 1.807) is 18.3 Å². The Kier molecular flexibility index (Phi) is 9.43. The van der Waals surface area contributed by atoms with Gasteiger partial charge in [-0.1, -0.05) is 29.8 Å². The molecule has 0 spiro atoms. The van der Waals surface area contributed by atoms with Gasteiger partial charge in [0.2, 0.25) is 10.0 Å². The quantitative estimate of drug-likeness (QED) is 0.291. The highest BCUT2D eigenvalue weighted by Crippen LogP contribution is 2.24. The summed E-state index contributed by atoms with van der Waals surface area (Å²) >= 11 is 5.89. The third-order valence-electron chi connectivity index (χ3n) is 5.59. The van der Waals surface area contributed by atoms with Gasteiger partial charge in [0.25, 0.3) is 0 Å². The van der Waals surface area contributed by atoms with Crippen molar-refractivity contribution in [1.82, 2.24) is 14.6 Å². The minimum atomic E-state index is -3.64. The van der Waals surface area contributed by atoms with Gasteiger partial charge in [-0.05, 0) is 61.6 Å². The van der Waals surface area contributed by atoms with Gasteiger partial charge >= 0.3 is 5.97 Å². The van der Waals surface area contributed by atoms with Gasteiger partial charge in [-0.2, -0.15) is 0 Å². The fourth-order valence-electron chi connectivity index (χ4n) is 3.92. The van der Waals surface area contributed by atoms with Gasteiger partial charge in [0, 0.05) is 49.0 Å². The molecular formula is C24H30ClN3O4S. The number of unbranched alkanes of at least 4 members (excludes halogenated alkanes) is 2. The largest absolute Gasteiger partial charge is 0.469 e. The smallest absolute Gasteiger partial charge is 0.305 e. The second-order valence-corrected chi connectivity index (χ2v) is 10.3. The summed E-state index contributed by atoms with van der Waals surface area (Å²) in [5.41, 5.74) is 1.08. The number of likely N-dealkylation sites (tertiary alicyclic amines) is 1. The van der Waals surface area contributed by atoms with E-state index >= 15 is 0 Å². The summed E-state index contributed by atoms with van der Waals surface area (Å²) in [4.78, 5) is 17.9. The van der Waals surface area contributed by atoms with Gasteiger partial charge in [0.05, 0.1) is 12.0 Å². The Morgan fingerprint density at radius 3 is 2.76 bits per heavy atom. The van der Waals surface area contributed by atoms with Gasteiger partial charge in [-0.3, -0.25) is 14.7 Å². The number of rotatable bonds is 11. The van der Waals surface area contributed by atoms with Gasteiger partial charge in [0.1, 0.15) is 0 Å². The average molecular weight is 492 g/mol. The third-order valence-corrected chi connectivity index (χ3v) is 7.38. The standard InChI is InChI=1S/C24H30ClN3O4S/c1-32-24(29)9-5-3-2-4-8-22-15-21(18-28(22)17-19-7-6-14-26-16-19)27-33(30,31)23-12-10-20(25)11-13-23/h4,6-8,10-14,16,21-22,27H,2-3,5,9,15,17-18H2,1H3/t21-,22-/m1/s1. The van der Waals surface area contributed by atoms with Gasteiger partial charge in [-0.25, -0.2) is 13.1 Å². The minimum Gasteiger partial charge on any atom is -0.469 e. The molecule has 33 heavy (non-hydrogen) atoms. The number of ether oxygens (including phenoxy) is 1. The SMILES string of the molecule is COC(=O)CCCCC=C[C@@H]1C[C@@H](NS(=O)(=O)c2ccc(Cl)cc2)CN1Cc1cccnc1. The Bertz CT molecular complexity index is 1030. The Hall–Kier alpha value is -2.26. The molecule has 1 saturated heterocycles. The highest BCUT2D eigenvalue weighted by Gasteiger charge is 2.33. The monoisotopic (exact) mass is 491 g/mol. The number of carbonyl (C=O) groups is 1. The van der Waals surface area contributed by atoms with Gasteiger partial charge in [-0.15, -0.1) is 0 Å². The number of halogens is 1. The maximum atomic E-state index is 12.8. The molecule has 7 nitrogen and oxygen atoms in total. The molecule has 178 valence electrons. The average Bonchev–Trinajstić information content (AvgIpc) is 3.16. The molecule has 2 atom stereocenters. The number of hydrogen-bond donors (Lipinski definition) is 1. The molecule has 2 heterocycles. The molecule has 0 bridgehead atoms. The van der Waals surface area contributed by atoms with E-state index in [9.17, 15) is 13.2 Å². The van der Waals surface area contributed by atoms with Crippen LogP contribution in [0.25, 0.3) is 0 Å². The van der Waals surface area contributed by atoms with E-state index < -0.39 is 10.0 Å². The lowest BCUT2D eigenvalue weighted by Gasteiger charge is -2.21. The predicted molar refractivity (Wildman–Crippen MR) is 128 cm³/mol. The normalized spacial score (nSPS) is 19.2. The second kappa shape index (κ2) is 12.3. The molecule has 9 heteroatoms. The summed E-state index contributed by atoms with van der Waals surface area (Å²) in [6, 6.07) is 9.98. The van der Waals surface area contributed by atoms with Crippen LogP contribution in [0, 0.1) is 0 Å². The first-order chi connectivity index (χ1) is 15.9. The topological polar surface area (TPSA) is 88.6 Å². The number of esters is 1. The van der Waals surface area contributed by atoms with Crippen LogP contribution in [0.5, 0.6) is 0 Å². The second-order valence-electron chi connectivity index (χ2n) is 8.12. The summed E-state index contributed by atoms with van der Waals surface area (Å²) in [5.74, 6) is -0.187. The van der Waals surface area contributed by atoms with Crippen LogP contribution in [0.1, 0.15) is 37.7 Å². The fourth-order valence-corrected chi connectivity index (χ4v) is 5.28. The molecule has 1 aromatic heterocycles. The van der Waals surface area contributed by atoms with Crippen LogP contribution in [0.15, 0.2) is 65.8 Å². The van der Waals surface area contributed by atoms with Crippen molar-refractivity contribution in [3.05, 3.63) is 71.5 Å². The molecule has 0 amide bonds. The zero-order chi connectivity index (χ0) is 23.7. The van der Waals surface area contributed by atoms with E-state index in [0.717, 1.165) is 24.8 Å². The summed E-state index contributed by atoms with van der Waals surface area (Å²) in [5, 5.41) is 0.495. The number of pyridine rings is 1. The molecule has 1 aliphatic heterocycles. The molecular weight excluding hydrogens is 462 g/mol. The number of methoxy groups -OCH3 is 1. The number of nitrogens with zero attached hydrogens (tertiary/aromatic N) is 2. The van der Waals surface area contributed by atoms with Crippen LogP contribution in [0.2, 0.25) is 5.02 Å². The van der Waals surface area contributed by atoms with Crippen molar-refractivity contribution in [2.45, 2.75) is 55.6 Å². The Labute approximate surface area is 200 Å². The van der Waals surface area contributed by atoms with Crippen molar-refractivity contribution in [1.29, 1.82) is 0 Å². The van der Waals surface area contributed by atoms with Crippen LogP contribution in [-0.4, -0.2) is 50.0 Å². The van der Waals surface area contributed by atoms with E-state index in [4.69, 9.17) is 11.6 Å². The molecule has 1 aliphatic rings. The van der Waals surface area contributed by atoms with E-state index in [1.807, 2.05) is 18.3 Å². The number of carbonyl (C=O) groups excluding carboxylic acids is 1. The summed E-state index contributed by atoms with van der Waals surface area (Å²) in [6.45, 7) is 1.28. The lowest BCUT2D eigenvalue weighted by atomic mass is 10.1. The number of benzene rings is 1. The fraction of sp³-hybridized carbons (Fsp3) is 0.417. The summed E-state index contributed by atoms with van der Waals surface area (Å²) < 4.78 is 33.2. The third kappa shape index (κ3) is 7.92. The maximum absolute atomic E-state index is 12.8. The first kappa shape index (κ1) is 25.4. The van der Waals surface area contributed by atoms with Crippen molar-refractivity contribution < 1.29 is 17.9 Å². The number of allylic oxidation sites excluding steroid dienone is 1. The Morgan fingerprint density at radius 1 is 1.27 bits per heavy atom. The molecule has 1 N–H and O–H groups in total. The van der Waals surface area contributed by atoms with Crippen molar-refractivity contribution in [2.24, 2.45) is 0 Å². The predicted octanol–water partition coefficient (Wildman–Crippen LogP) is 3.95. The van der Waals surface area contributed by atoms with Crippen LogP contribution >= 0.6 is 11.6 Å². The van der Waals surface area contributed by atoms with E-state index in [1.165, 1.54) is 19.2 Å². The molecule has 0 aliphatic carbocycles. The van der Waals surface area contributed by atoms with Crippen LogP contribution < -0.4 is 4.72 Å². The molecule has 3 rings (SSSR count). The van der Waals surface area contributed by atoms with Gasteiger partial charge in [0.15, 0.2) is 0 Å². The maximum Gasteiger partial charge on any atom is 0.305 e. The van der Waals surface area contributed by atoms with E-state index in [-0.39, 0.29) is 22.9 Å². The molecule has 0 radical (unpaired) electrons. The Morgan fingerprint density at radius 2 is 2.06 bits per heavy atom. The molecule has 1 aromatic carbocycles. The van der Waals surface area contributed by atoms with Crippen LogP contribution in [0.4, 0.5) is 0 Å². The Balaban J connectivity index is 1.63. The molecule has 0 saturated carbocycles. The zero-order valence-electron chi connectivity index (χ0n) is 18.7. The number of aromatic nitrogens is 1. The van der Waals surface area contributed by atoms with Crippen LogP contribution in [-0.2, 0) is 26.1 Å². The number of hydrogen-bond acceptors (Lipinski definition) is 6. The highest BCUT2D eigenvalue weighted by atomic mass is 35.5. The number of sulfonamides is 1. The van der Waals surface area contributed by atoms with Crippen molar-refractivity contribution in [3.63, 3.8) is 0 Å². The molecule has 1 fully saturated rings. The first-order valence-electron chi connectivity index (χ1n) is 11.0. The van der Waals surface area contributed by atoms with Crippen LogP contribution in [0.3, 0.4) is 0 Å². The lowest BCUT2D eigenvalue weighted by Crippen LogP contribution is -2.37. The number of nitrogens with one attached hydrogen (secondary N) is 1. The van der Waals surface area contributed by atoms with E-state index in [2.05, 4.69) is 31.5 Å². The van der Waals surface area contributed by atoms with E-state index in [0.29, 0.717) is 31.0 Å².